The van der Waals surface area contributed by atoms with Crippen LogP contribution in [0.1, 0.15) is 21.5 Å². The van der Waals surface area contributed by atoms with E-state index < -0.39 is 33.5 Å². The van der Waals surface area contributed by atoms with Crippen LogP contribution < -0.4 is 0 Å². The van der Waals surface area contributed by atoms with Crippen molar-refractivity contribution in [2.45, 2.75) is 18.8 Å². The van der Waals surface area contributed by atoms with Crippen LogP contribution in [0, 0.1) is 0 Å². The van der Waals surface area contributed by atoms with E-state index in [1.165, 1.54) is 11.0 Å². The fourth-order valence-electron chi connectivity index (χ4n) is 2.84. The molecule has 8 heteroatoms. The standard InChI is InChI=1S/C19H16F3NO3S/c20-19(21,22)16-8-6-15(7-9-16)18(24)23(12-14-4-2-1-3-5-14)17-10-11-27(25,26)13-17/h1-11,17H,12-13H2. The molecule has 3 rings (SSSR count). The van der Waals surface area contributed by atoms with Gasteiger partial charge in [0.2, 0.25) is 0 Å². The maximum Gasteiger partial charge on any atom is 0.416 e. The molecule has 27 heavy (non-hydrogen) atoms. The second-order valence-electron chi connectivity index (χ2n) is 6.22. The molecule has 1 heterocycles. The lowest BCUT2D eigenvalue weighted by Crippen LogP contribution is -2.40. The third-order valence-corrected chi connectivity index (χ3v) is 5.61. The second kappa shape index (κ2) is 7.19. The minimum atomic E-state index is -4.49. The first-order chi connectivity index (χ1) is 12.7. The highest BCUT2D eigenvalue weighted by atomic mass is 32.2. The average molecular weight is 395 g/mol. The van der Waals surface area contributed by atoms with Crippen LogP contribution in [0.25, 0.3) is 0 Å². The van der Waals surface area contributed by atoms with E-state index >= 15 is 0 Å². The van der Waals surface area contributed by atoms with Crippen molar-refractivity contribution in [3.63, 3.8) is 0 Å². The first-order valence-electron chi connectivity index (χ1n) is 8.09. The Morgan fingerprint density at radius 1 is 1.04 bits per heavy atom. The molecule has 1 aliphatic heterocycles. The maximum absolute atomic E-state index is 12.9. The van der Waals surface area contributed by atoms with Crippen LogP contribution in [0.15, 0.2) is 66.1 Å². The van der Waals surface area contributed by atoms with Crippen molar-refractivity contribution in [2.75, 3.05) is 5.75 Å². The molecular weight excluding hydrogens is 379 g/mol. The number of hydrogen-bond acceptors (Lipinski definition) is 3. The first-order valence-corrected chi connectivity index (χ1v) is 9.80. The van der Waals surface area contributed by atoms with Gasteiger partial charge in [0.25, 0.3) is 5.91 Å². The number of rotatable bonds is 4. The fourth-order valence-corrected chi connectivity index (χ4v) is 4.14. The number of alkyl halides is 3. The molecule has 0 saturated carbocycles. The van der Waals surface area contributed by atoms with Gasteiger partial charge >= 0.3 is 6.18 Å². The summed E-state index contributed by atoms with van der Waals surface area (Å²) in [6, 6.07) is 12.2. The predicted octanol–water partition coefficient (Wildman–Crippen LogP) is 3.66. The molecule has 1 amide bonds. The Balaban J connectivity index is 1.90. The molecule has 1 atom stereocenters. The second-order valence-corrected chi connectivity index (χ2v) is 8.15. The normalized spacial score (nSPS) is 18.4. The van der Waals surface area contributed by atoms with Crippen LogP contribution >= 0.6 is 0 Å². The highest BCUT2D eigenvalue weighted by Gasteiger charge is 2.33. The van der Waals surface area contributed by atoms with E-state index in [2.05, 4.69) is 0 Å². The minimum Gasteiger partial charge on any atom is -0.327 e. The summed E-state index contributed by atoms with van der Waals surface area (Å²) in [6.45, 7) is 0.144. The van der Waals surface area contributed by atoms with Crippen molar-refractivity contribution in [3.05, 3.63) is 82.8 Å². The molecule has 142 valence electrons. The lowest BCUT2D eigenvalue weighted by molar-refractivity contribution is -0.137. The van der Waals surface area contributed by atoms with Gasteiger partial charge in [-0.3, -0.25) is 4.79 Å². The SMILES string of the molecule is O=C(c1ccc(C(F)(F)F)cc1)N(Cc1ccccc1)C1C=CS(=O)(=O)C1. The zero-order valence-corrected chi connectivity index (χ0v) is 14.9. The van der Waals surface area contributed by atoms with Crippen molar-refractivity contribution < 1.29 is 26.4 Å². The van der Waals surface area contributed by atoms with E-state index in [0.29, 0.717) is 0 Å². The van der Waals surface area contributed by atoms with Gasteiger partial charge in [0.1, 0.15) is 0 Å². The molecule has 0 aliphatic carbocycles. The Morgan fingerprint density at radius 3 is 2.19 bits per heavy atom. The molecule has 4 nitrogen and oxygen atoms in total. The Bertz CT molecular complexity index is 952. The number of carbonyl (C=O) groups is 1. The minimum absolute atomic E-state index is 0.0663. The van der Waals surface area contributed by atoms with Gasteiger partial charge in [-0.2, -0.15) is 13.2 Å². The first kappa shape index (κ1) is 19.2. The topological polar surface area (TPSA) is 54.5 Å². The highest BCUT2D eigenvalue weighted by molar-refractivity contribution is 7.94. The molecule has 2 aromatic carbocycles. The van der Waals surface area contributed by atoms with E-state index in [1.54, 1.807) is 24.3 Å². The van der Waals surface area contributed by atoms with E-state index in [0.717, 1.165) is 35.2 Å². The number of hydrogen-bond donors (Lipinski definition) is 0. The van der Waals surface area contributed by atoms with Gasteiger partial charge in [0.15, 0.2) is 9.84 Å². The van der Waals surface area contributed by atoms with Gasteiger partial charge in [0.05, 0.1) is 17.4 Å². The van der Waals surface area contributed by atoms with E-state index in [4.69, 9.17) is 0 Å². The summed E-state index contributed by atoms with van der Waals surface area (Å²) in [4.78, 5) is 14.3. The van der Waals surface area contributed by atoms with Crippen molar-refractivity contribution >= 4 is 15.7 Å². The summed E-state index contributed by atoms with van der Waals surface area (Å²) in [6.07, 6.45) is -3.06. The Kier molecular flexibility index (Phi) is 5.10. The van der Waals surface area contributed by atoms with Crippen molar-refractivity contribution in [1.82, 2.24) is 4.90 Å². The summed E-state index contributed by atoms with van der Waals surface area (Å²) in [7, 11) is -3.40. The van der Waals surface area contributed by atoms with E-state index in [-0.39, 0.29) is 17.9 Å². The molecule has 1 aliphatic rings. The zero-order valence-electron chi connectivity index (χ0n) is 14.1. The molecule has 0 bridgehead atoms. The summed E-state index contributed by atoms with van der Waals surface area (Å²) in [5, 5.41) is 1.07. The Labute approximate surface area is 154 Å². The van der Waals surface area contributed by atoms with Crippen LogP contribution in [0.4, 0.5) is 13.2 Å². The Hall–Kier alpha value is -2.61. The molecular formula is C19H16F3NO3S. The van der Waals surface area contributed by atoms with Crippen molar-refractivity contribution in [3.8, 4) is 0 Å². The molecule has 0 saturated heterocycles. The fraction of sp³-hybridized carbons (Fsp3) is 0.211. The summed E-state index contributed by atoms with van der Waals surface area (Å²) < 4.78 is 61.7. The maximum atomic E-state index is 12.9. The molecule has 0 fully saturated rings. The number of nitrogens with zero attached hydrogens (tertiary/aromatic N) is 1. The van der Waals surface area contributed by atoms with Crippen molar-refractivity contribution in [2.24, 2.45) is 0 Å². The van der Waals surface area contributed by atoms with E-state index in [1.807, 2.05) is 6.07 Å². The number of benzene rings is 2. The third kappa shape index (κ3) is 4.57. The van der Waals surface area contributed by atoms with Crippen LogP contribution in [0.2, 0.25) is 0 Å². The lowest BCUT2D eigenvalue weighted by Gasteiger charge is -2.28. The van der Waals surface area contributed by atoms with Gasteiger partial charge < -0.3 is 4.90 Å². The van der Waals surface area contributed by atoms with Gasteiger partial charge in [-0.1, -0.05) is 30.3 Å². The van der Waals surface area contributed by atoms with Crippen LogP contribution in [0.3, 0.4) is 0 Å². The Morgan fingerprint density at radius 2 is 1.67 bits per heavy atom. The van der Waals surface area contributed by atoms with Gasteiger partial charge in [-0.25, -0.2) is 8.42 Å². The quantitative estimate of drug-likeness (QED) is 0.794. The highest BCUT2D eigenvalue weighted by Crippen LogP contribution is 2.29. The lowest BCUT2D eigenvalue weighted by atomic mass is 10.1. The summed E-state index contributed by atoms with van der Waals surface area (Å²) in [5.74, 6) is -0.772. The van der Waals surface area contributed by atoms with E-state index in [9.17, 15) is 26.4 Å². The number of sulfone groups is 1. The molecule has 0 aromatic heterocycles. The number of carbonyl (C=O) groups excluding carboxylic acids is 1. The average Bonchev–Trinajstić information content (AvgIpc) is 2.99. The molecule has 0 radical (unpaired) electrons. The number of halogens is 3. The monoisotopic (exact) mass is 395 g/mol. The summed E-state index contributed by atoms with van der Waals surface area (Å²) >= 11 is 0. The smallest absolute Gasteiger partial charge is 0.327 e. The van der Waals surface area contributed by atoms with Gasteiger partial charge in [-0.15, -0.1) is 0 Å². The molecule has 2 aromatic rings. The largest absolute Gasteiger partial charge is 0.416 e. The molecule has 0 spiro atoms. The molecule has 0 N–H and O–H groups in total. The van der Waals surface area contributed by atoms with Gasteiger partial charge in [-0.05, 0) is 35.9 Å². The van der Waals surface area contributed by atoms with Crippen molar-refractivity contribution in [1.29, 1.82) is 0 Å². The molecule has 1 unspecified atom stereocenters. The predicted molar refractivity (Wildman–Crippen MR) is 94.5 cm³/mol. The summed E-state index contributed by atoms with van der Waals surface area (Å²) in [5.41, 5.74) is 0.00379. The third-order valence-electron chi connectivity index (χ3n) is 4.23. The van der Waals surface area contributed by atoms with Crippen LogP contribution in [-0.2, 0) is 22.6 Å². The van der Waals surface area contributed by atoms with Crippen LogP contribution in [-0.4, -0.2) is 31.0 Å². The zero-order chi connectivity index (χ0) is 19.7. The number of amides is 1. The van der Waals surface area contributed by atoms with Gasteiger partial charge in [0, 0.05) is 17.5 Å². The van der Waals surface area contributed by atoms with Crippen LogP contribution in [0.5, 0.6) is 0 Å².